The molecule has 0 aliphatic rings. The molecule has 0 nitrogen and oxygen atoms in total. The topological polar surface area (TPSA) is 0 Å². The van der Waals surface area contributed by atoms with Gasteiger partial charge in [-0.2, -0.15) is 0 Å². The first-order valence-electron chi connectivity index (χ1n) is 3.18. The molecule has 0 atom stereocenters. The fourth-order valence-corrected chi connectivity index (χ4v) is 6.58. The monoisotopic (exact) mass is 322 g/mol. The largest absolute Gasteiger partial charge is 0 e. The van der Waals surface area contributed by atoms with Crippen molar-refractivity contribution in [3.63, 3.8) is 0 Å². The molecule has 0 aromatic rings. The summed E-state index contributed by atoms with van der Waals surface area (Å²) in [6, 6.07) is 0. The van der Waals surface area contributed by atoms with Gasteiger partial charge in [-0.3, -0.25) is 0 Å². The number of rotatable bonds is 3. The van der Waals surface area contributed by atoms with Crippen molar-refractivity contribution in [2.45, 2.75) is 32.7 Å². The van der Waals surface area contributed by atoms with Gasteiger partial charge in [0.05, 0.1) is 0 Å². The second-order valence-electron chi connectivity index (χ2n) is 1.81. The number of hydrogen-bond acceptors (Lipinski definition) is 0. The summed E-state index contributed by atoms with van der Waals surface area (Å²) in [7, 11) is 0. The van der Waals surface area contributed by atoms with Crippen molar-refractivity contribution in [2.75, 3.05) is 0 Å². The Balaban J connectivity index is 0. The van der Waals surface area contributed by atoms with E-state index in [0.717, 1.165) is 0 Å². The van der Waals surface area contributed by atoms with Gasteiger partial charge in [0, 0.05) is 17.4 Å². The van der Waals surface area contributed by atoms with E-state index in [1.54, 1.807) is 11.9 Å². The average Bonchev–Trinajstić information content (AvgIpc) is 1.72. The van der Waals surface area contributed by atoms with E-state index in [9.17, 15) is 0 Å². The Hall–Kier alpha value is 1.45. The quantitative estimate of drug-likeness (QED) is 0.699. The van der Waals surface area contributed by atoms with Gasteiger partial charge in [-0.1, -0.05) is 0 Å². The molecule has 0 saturated heterocycles. The Morgan fingerprint density at radius 3 is 1.12 bits per heavy atom. The Kier molecular flexibility index (Phi) is 12.9. The minimum atomic E-state index is -0.789. The van der Waals surface area contributed by atoms with Crippen molar-refractivity contribution in [3.05, 3.63) is 0 Å². The predicted molar refractivity (Wildman–Crippen MR) is 43.0 cm³/mol. The van der Waals surface area contributed by atoms with E-state index in [2.05, 4.69) is 20.8 Å². The van der Waals surface area contributed by atoms with E-state index in [-0.39, 0.29) is 17.4 Å². The molecule has 0 aliphatic heterocycles. The molecular formula is C6H15AlPb. The SMILES string of the molecule is C[CH2][Pb]([CH2]C)[CH2]C.[Al]. The average molecular weight is 321 g/mol. The third-order valence-corrected chi connectivity index (χ3v) is 13.2. The minimum absolute atomic E-state index is 0. The van der Waals surface area contributed by atoms with Crippen LogP contribution in [0.1, 0.15) is 20.8 Å². The zero-order valence-corrected chi connectivity index (χ0v) is 11.2. The van der Waals surface area contributed by atoms with E-state index in [4.69, 9.17) is 0 Å². The van der Waals surface area contributed by atoms with Crippen molar-refractivity contribution >= 4 is 40.1 Å². The van der Waals surface area contributed by atoms with Crippen molar-refractivity contribution in [3.8, 4) is 0 Å². The summed E-state index contributed by atoms with van der Waals surface area (Å²) in [4.78, 5) is 0. The summed E-state index contributed by atoms with van der Waals surface area (Å²) < 4.78 is 4.70. The predicted octanol–water partition coefficient (Wildman–Crippen LogP) is 2.16. The molecule has 0 aromatic heterocycles. The maximum absolute atomic E-state index is 2.36. The fourth-order valence-electron chi connectivity index (χ4n) is 0.750. The number of hydrogen-bond donors (Lipinski definition) is 0. The normalized spacial score (nSPS) is 9.00. The zero-order chi connectivity index (χ0) is 5.70. The zero-order valence-electron chi connectivity index (χ0n) is 6.20. The van der Waals surface area contributed by atoms with Gasteiger partial charge in [0.2, 0.25) is 0 Å². The van der Waals surface area contributed by atoms with Crippen molar-refractivity contribution < 1.29 is 0 Å². The molecule has 0 spiro atoms. The van der Waals surface area contributed by atoms with Gasteiger partial charge < -0.3 is 0 Å². The van der Waals surface area contributed by atoms with Gasteiger partial charge in [0.25, 0.3) is 0 Å². The molecule has 0 saturated carbocycles. The molecule has 2 heteroatoms. The van der Waals surface area contributed by atoms with E-state index < -0.39 is 22.7 Å². The third kappa shape index (κ3) is 5.59. The minimum Gasteiger partial charge on any atom is 0 e. The summed E-state index contributed by atoms with van der Waals surface area (Å²) in [5, 5.41) is 0. The van der Waals surface area contributed by atoms with Crippen LogP contribution in [-0.2, 0) is 0 Å². The van der Waals surface area contributed by atoms with E-state index in [1.165, 1.54) is 0 Å². The van der Waals surface area contributed by atoms with Gasteiger partial charge in [-0.15, -0.1) is 0 Å². The molecule has 8 heavy (non-hydrogen) atoms. The Labute approximate surface area is 72.3 Å². The van der Waals surface area contributed by atoms with Gasteiger partial charge in [0.15, 0.2) is 0 Å². The van der Waals surface area contributed by atoms with Gasteiger partial charge in [-0.25, -0.2) is 0 Å². The van der Waals surface area contributed by atoms with Crippen LogP contribution in [0.5, 0.6) is 0 Å². The summed E-state index contributed by atoms with van der Waals surface area (Å²) in [6.45, 7) is 7.07. The van der Waals surface area contributed by atoms with Crippen LogP contribution in [0.3, 0.4) is 0 Å². The van der Waals surface area contributed by atoms with Crippen molar-refractivity contribution in [2.24, 2.45) is 0 Å². The van der Waals surface area contributed by atoms with E-state index >= 15 is 0 Å². The molecule has 0 N–H and O–H groups in total. The van der Waals surface area contributed by atoms with Crippen LogP contribution in [0.25, 0.3) is 0 Å². The van der Waals surface area contributed by atoms with Crippen LogP contribution >= 0.6 is 0 Å². The summed E-state index contributed by atoms with van der Waals surface area (Å²) in [5.74, 6) is 0. The molecule has 0 fully saturated rings. The molecule has 46 valence electrons. The molecule has 0 aromatic carbocycles. The second kappa shape index (κ2) is 8.45. The van der Waals surface area contributed by atoms with Crippen LogP contribution in [0.15, 0.2) is 0 Å². The smallest absolute Gasteiger partial charge is 0 e. The van der Waals surface area contributed by atoms with Gasteiger partial charge >= 0.3 is 55.4 Å². The molecule has 0 rings (SSSR count). The molecule has 0 bridgehead atoms. The molecule has 0 amide bonds. The maximum Gasteiger partial charge on any atom is 0 e. The van der Waals surface area contributed by atoms with Crippen molar-refractivity contribution in [1.82, 2.24) is 0 Å². The van der Waals surface area contributed by atoms with Crippen LogP contribution in [-0.4, -0.2) is 40.1 Å². The van der Waals surface area contributed by atoms with Gasteiger partial charge in [0.1, 0.15) is 0 Å². The molecule has 4 radical (unpaired) electrons. The summed E-state index contributed by atoms with van der Waals surface area (Å²) >= 11 is -0.789. The molecule has 0 unspecified atom stereocenters. The Morgan fingerprint density at radius 1 is 0.875 bits per heavy atom. The summed E-state index contributed by atoms with van der Waals surface area (Å²) in [6.07, 6.45) is 0. The maximum atomic E-state index is 2.36. The standard InChI is InChI=1S/3C2H5.Al.Pb/c3*1-2;;/h3*1H2,2H3;;. The van der Waals surface area contributed by atoms with Crippen LogP contribution in [0.2, 0.25) is 11.9 Å². The van der Waals surface area contributed by atoms with Gasteiger partial charge in [-0.05, 0) is 0 Å². The fraction of sp³-hybridized carbons (Fsp3) is 1.00. The molecule has 0 aliphatic carbocycles. The van der Waals surface area contributed by atoms with Crippen LogP contribution < -0.4 is 0 Å². The Bertz CT molecular complexity index is 30.0. The Morgan fingerprint density at radius 2 is 1.12 bits per heavy atom. The van der Waals surface area contributed by atoms with E-state index in [0.29, 0.717) is 0 Å². The third-order valence-electron chi connectivity index (χ3n) is 1.50. The van der Waals surface area contributed by atoms with Crippen molar-refractivity contribution in [1.29, 1.82) is 0 Å². The first-order valence-corrected chi connectivity index (χ1v) is 11.4. The van der Waals surface area contributed by atoms with E-state index in [1.807, 2.05) is 0 Å². The molecular weight excluding hydrogens is 306 g/mol. The molecule has 0 heterocycles. The van der Waals surface area contributed by atoms with Crippen LogP contribution in [0.4, 0.5) is 0 Å². The second-order valence-corrected chi connectivity index (χ2v) is 15.9. The first kappa shape index (κ1) is 12.2. The summed E-state index contributed by atoms with van der Waals surface area (Å²) in [5.41, 5.74) is 0. The first-order chi connectivity index (χ1) is 3.35. The van der Waals surface area contributed by atoms with Crippen LogP contribution in [0, 0.1) is 0 Å².